The van der Waals surface area contributed by atoms with Crippen LogP contribution >= 0.6 is 12.4 Å². The molecule has 2 bridgehead atoms. The van der Waals surface area contributed by atoms with Gasteiger partial charge in [-0.25, -0.2) is 0 Å². The van der Waals surface area contributed by atoms with Crippen LogP contribution < -0.4 is 10.6 Å². The fraction of sp³-hybridized carbons (Fsp3) is 0.667. The number of carbonyl (C=O) groups excluding carboxylic acids is 1. The lowest BCUT2D eigenvalue weighted by atomic mass is 9.88. The second-order valence-corrected chi connectivity index (χ2v) is 8.09. The summed E-state index contributed by atoms with van der Waals surface area (Å²) in [5, 5.41) is 6.86. The lowest BCUT2D eigenvalue weighted by Gasteiger charge is -2.33. The van der Waals surface area contributed by atoms with E-state index >= 15 is 0 Å². The zero-order chi connectivity index (χ0) is 17.1. The maximum absolute atomic E-state index is 12.5. The van der Waals surface area contributed by atoms with Gasteiger partial charge in [0.15, 0.2) is 0 Å². The van der Waals surface area contributed by atoms with Gasteiger partial charge in [0.05, 0.1) is 6.10 Å². The van der Waals surface area contributed by atoms with Crippen LogP contribution in [0.5, 0.6) is 0 Å². The number of halogens is 1. The number of benzene rings is 1. The van der Waals surface area contributed by atoms with Gasteiger partial charge in [-0.15, -0.1) is 12.4 Å². The molecular formula is C21H31ClN2O2. The molecule has 1 aromatic rings. The van der Waals surface area contributed by atoms with Crippen molar-refractivity contribution in [3.8, 4) is 0 Å². The van der Waals surface area contributed by atoms with Gasteiger partial charge in [-0.3, -0.25) is 4.79 Å². The van der Waals surface area contributed by atoms with E-state index in [0.717, 1.165) is 26.0 Å². The molecule has 3 aliphatic heterocycles. The van der Waals surface area contributed by atoms with E-state index in [1.54, 1.807) is 0 Å². The summed E-state index contributed by atoms with van der Waals surface area (Å²) in [7, 11) is 0. The number of rotatable bonds is 5. The predicted octanol–water partition coefficient (Wildman–Crippen LogP) is 3.61. The molecule has 5 heteroatoms. The van der Waals surface area contributed by atoms with Crippen LogP contribution in [0.2, 0.25) is 0 Å². The highest BCUT2D eigenvalue weighted by Crippen LogP contribution is 2.34. The summed E-state index contributed by atoms with van der Waals surface area (Å²) in [6, 6.07) is 11.7. The fourth-order valence-electron chi connectivity index (χ4n) is 4.98. The lowest BCUT2D eigenvalue weighted by Crippen LogP contribution is -2.40. The molecule has 1 amide bonds. The maximum atomic E-state index is 12.5. The number of hydrogen-bond donors (Lipinski definition) is 2. The van der Waals surface area contributed by atoms with Crippen LogP contribution in [-0.2, 0) is 9.53 Å². The number of carbonyl (C=O) groups is 1. The third kappa shape index (κ3) is 4.79. The van der Waals surface area contributed by atoms with Gasteiger partial charge in [0.25, 0.3) is 0 Å². The van der Waals surface area contributed by atoms with Crippen LogP contribution in [-0.4, -0.2) is 31.1 Å². The average molecular weight is 379 g/mol. The maximum Gasteiger partial charge on any atom is 0.220 e. The number of amides is 1. The molecule has 0 aromatic heterocycles. The van der Waals surface area contributed by atoms with Crippen molar-refractivity contribution in [1.29, 1.82) is 0 Å². The molecule has 3 aliphatic rings. The number of nitrogens with one attached hydrogen (secondary N) is 2. The number of piperidine rings is 1. The lowest BCUT2D eigenvalue weighted by molar-refractivity contribution is -0.123. The minimum Gasteiger partial charge on any atom is -0.373 e. The monoisotopic (exact) mass is 378 g/mol. The Hall–Kier alpha value is -1.10. The molecule has 3 saturated heterocycles. The predicted molar refractivity (Wildman–Crippen MR) is 105 cm³/mol. The molecule has 0 aliphatic carbocycles. The first-order valence-corrected chi connectivity index (χ1v) is 9.97. The SMILES string of the molecule is Cl.O=C(CC1CC2CCC(C1)N2)NCC1CCCOC1c1ccccc1. The van der Waals surface area contributed by atoms with E-state index < -0.39 is 0 Å². The van der Waals surface area contributed by atoms with E-state index in [1.807, 2.05) is 6.07 Å². The molecule has 3 heterocycles. The second-order valence-electron chi connectivity index (χ2n) is 8.09. The minimum atomic E-state index is 0. The van der Waals surface area contributed by atoms with Gasteiger partial charge >= 0.3 is 0 Å². The molecule has 2 N–H and O–H groups in total. The Morgan fingerprint density at radius 1 is 1.12 bits per heavy atom. The van der Waals surface area contributed by atoms with Gasteiger partial charge in [-0.1, -0.05) is 30.3 Å². The average Bonchev–Trinajstić information content (AvgIpc) is 2.99. The first-order valence-electron chi connectivity index (χ1n) is 9.97. The van der Waals surface area contributed by atoms with Crippen molar-refractivity contribution in [2.24, 2.45) is 11.8 Å². The summed E-state index contributed by atoms with van der Waals surface area (Å²) in [6.45, 7) is 1.55. The first kappa shape index (κ1) is 19.7. The van der Waals surface area contributed by atoms with Gasteiger partial charge in [-0.05, 0) is 50.0 Å². The Morgan fingerprint density at radius 2 is 1.85 bits per heavy atom. The van der Waals surface area contributed by atoms with Crippen LogP contribution in [0, 0.1) is 11.8 Å². The molecule has 4 unspecified atom stereocenters. The van der Waals surface area contributed by atoms with E-state index in [1.165, 1.54) is 31.2 Å². The van der Waals surface area contributed by atoms with Crippen molar-refractivity contribution in [2.45, 2.75) is 63.1 Å². The van der Waals surface area contributed by atoms with Gasteiger partial charge in [0, 0.05) is 37.6 Å². The third-order valence-corrected chi connectivity index (χ3v) is 6.18. The number of ether oxygens (including phenoxy) is 1. The minimum absolute atomic E-state index is 0. The van der Waals surface area contributed by atoms with Crippen molar-refractivity contribution in [1.82, 2.24) is 10.6 Å². The van der Waals surface area contributed by atoms with Crippen molar-refractivity contribution in [3.05, 3.63) is 35.9 Å². The highest BCUT2D eigenvalue weighted by atomic mass is 35.5. The summed E-state index contributed by atoms with van der Waals surface area (Å²) in [5.74, 6) is 1.17. The van der Waals surface area contributed by atoms with Crippen LogP contribution in [0.25, 0.3) is 0 Å². The molecule has 0 saturated carbocycles. The van der Waals surface area contributed by atoms with E-state index in [9.17, 15) is 4.79 Å². The van der Waals surface area contributed by atoms with Crippen LogP contribution in [0.15, 0.2) is 30.3 Å². The summed E-state index contributed by atoms with van der Waals surface area (Å²) in [6.07, 6.45) is 7.94. The van der Waals surface area contributed by atoms with Crippen molar-refractivity contribution < 1.29 is 9.53 Å². The Kier molecular flexibility index (Phi) is 6.96. The Morgan fingerprint density at radius 3 is 2.58 bits per heavy atom. The summed E-state index contributed by atoms with van der Waals surface area (Å²) >= 11 is 0. The highest BCUT2D eigenvalue weighted by Gasteiger charge is 2.34. The molecule has 4 atom stereocenters. The molecule has 4 nitrogen and oxygen atoms in total. The normalized spacial score (nSPS) is 33.3. The third-order valence-electron chi connectivity index (χ3n) is 6.18. The topological polar surface area (TPSA) is 50.4 Å². The van der Waals surface area contributed by atoms with Crippen LogP contribution in [0.1, 0.15) is 56.6 Å². The fourth-order valence-corrected chi connectivity index (χ4v) is 4.98. The molecule has 0 spiro atoms. The second kappa shape index (κ2) is 9.20. The van der Waals surface area contributed by atoms with Gasteiger partial charge < -0.3 is 15.4 Å². The highest BCUT2D eigenvalue weighted by molar-refractivity contribution is 5.85. The number of hydrogen-bond acceptors (Lipinski definition) is 3. The van der Waals surface area contributed by atoms with E-state index in [2.05, 4.69) is 34.9 Å². The first-order chi connectivity index (χ1) is 12.3. The van der Waals surface area contributed by atoms with E-state index in [4.69, 9.17) is 4.74 Å². The molecule has 26 heavy (non-hydrogen) atoms. The van der Waals surface area contributed by atoms with Crippen molar-refractivity contribution >= 4 is 18.3 Å². The Bertz CT molecular complexity index is 571. The van der Waals surface area contributed by atoms with Crippen LogP contribution in [0.3, 0.4) is 0 Å². The van der Waals surface area contributed by atoms with Crippen molar-refractivity contribution in [3.63, 3.8) is 0 Å². The summed E-state index contributed by atoms with van der Waals surface area (Å²) in [4.78, 5) is 12.5. The number of fused-ring (bicyclic) bond motifs is 2. The zero-order valence-corrected chi connectivity index (χ0v) is 16.2. The molecule has 144 valence electrons. The summed E-state index contributed by atoms with van der Waals surface area (Å²) < 4.78 is 6.04. The van der Waals surface area contributed by atoms with E-state index in [0.29, 0.717) is 30.3 Å². The molecule has 4 rings (SSSR count). The quantitative estimate of drug-likeness (QED) is 0.822. The molecular weight excluding hydrogens is 348 g/mol. The van der Waals surface area contributed by atoms with Crippen molar-refractivity contribution in [2.75, 3.05) is 13.2 Å². The zero-order valence-electron chi connectivity index (χ0n) is 15.4. The Balaban J connectivity index is 0.00000196. The Labute approximate surface area is 162 Å². The van der Waals surface area contributed by atoms with Crippen LogP contribution in [0.4, 0.5) is 0 Å². The van der Waals surface area contributed by atoms with E-state index in [-0.39, 0.29) is 24.4 Å². The molecule has 0 radical (unpaired) electrons. The summed E-state index contributed by atoms with van der Waals surface area (Å²) in [5.41, 5.74) is 1.23. The molecule has 3 fully saturated rings. The van der Waals surface area contributed by atoms with Gasteiger partial charge in [0.1, 0.15) is 0 Å². The standard InChI is InChI=1S/C21H30N2O2.ClH/c24-20(13-15-11-18-8-9-19(12-15)23-18)22-14-17-7-4-10-25-21(17)16-5-2-1-3-6-16;/h1-3,5-6,15,17-19,21,23H,4,7-14H2,(H,22,24);1H. The van der Waals surface area contributed by atoms with Gasteiger partial charge in [0.2, 0.25) is 5.91 Å². The van der Waals surface area contributed by atoms with Gasteiger partial charge in [-0.2, -0.15) is 0 Å². The largest absolute Gasteiger partial charge is 0.373 e. The molecule has 1 aromatic carbocycles. The smallest absolute Gasteiger partial charge is 0.220 e.